The summed E-state index contributed by atoms with van der Waals surface area (Å²) in [6.45, 7) is 17.0. The van der Waals surface area contributed by atoms with Crippen molar-refractivity contribution in [3.8, 4) is 11.7 Å². The van der Waals surface area contributed by atoms with Crippen LogP contribution in [0.15, 0.2) is 54.5 Å². The minimum absolute atomic E-state index is 0.0796. The summed E-state index contributed by atoms with van der Waals surface area (Å²) >= 11 is 1.01. The minimum atomic E-state index is -4.22. The number of nitrogens with zero attached hydrogens (tertiary/aromatic N) is 5. The summed E-state index contributed by atoms with van der Waals surface area (Å²) in [6.07, 6.45) is 1.78. The van der Waals surface area contributed by atoms with E-state index in [2.05, 4.69) is 46.7 Å². The van der Waals surface area contributed by atoms with Crippen molar-refractivity contribution in [1.82, 2.24) is 19.5 Å². The van der Waals surface area contributed by atoms with Gasteiger partial charge in [-0.1, -0.05) is 20.4 Å². The Hall–Kier alpha value is -3.48. The number of anilines is 1. The average Bonchev–Trinajstić information content (AvgIpc) is 3.54. The standard InChI is InChI=1S/C29H35F3N6O3S.C2H6/c1-5-24-33-19(2)40-15-6-7-20-17-27(3,4)37(18-20)25-21(26(39)36-42-24)8-9-22(34-25)38-14-10-23(35-38)41-16-13-28(11-12-28)29(30,31)32;1-2/h5,8-10,14,20H,1-2,6-7,11-13,15-18H2,3-4H3,(H,36,39);1-2H3/b33-24+;. The topological polar surface area (TPSA) is 93.9 Å². The molecule has 1 amide bonds. The van der Waals surface area contributed by atoms with E-state index < -0.39 is 11.6 Å². The molecule has 0 radical (unpaired) electrons. The van der Waals surface area contributed by atoms with Crippen molar-refractivity contribution in [3.63, 3.8) is 0 Å². The van der Waals surface area contributed by atoms with Gasteiger partial charge in [-0.15, -0.1) is 5.10 Å². The highest BCUT2D eigenvalue weighted by atomic mass is 32.2. The summed E-state index contributed by atoms with van der Waals surface area (Å²) in [5.41, 5.74) is -1.51. The van der Waals surface area contributed by atoms with Gasteiger partial charge in [0.2, 0.25) is 11.8 Å². The molecule has 9 nitrogen and oxygen atoms in total. The van der Waals surface area contributed by atoms with Crippen LogP contribution >= 0.6 is 11.9 Å². The second-order valence-corrected chi connectivity index (χ2v) is 12.4. The molecular formula is C31H41F3N6O3S. The fourth-order valence-electron chi connectivity index (χ4n) is 5.57. The highest BCUT2D eigenvalue weighted by molar-refractivity contribution is 8.13. The molecule has 4 heterocycles. The number of carbonyl (C=O) groups excluding carboxylic acids is 1. The lowest BCUT2D eigenvalue weighted by atomic mass is 9.93. The summed E-state index contributed by atoms with van der Waals surface area (Å²) in [7, 11) is 0. The Labute approximate surface area is 261 Å². The van der Waals surface area contributed by atoms with Crippen LogP contribution in [0, 0.1) is 11.3 Å². The molecule has 1 saturated heterocycles. The Kier molecular flexibility index (Phi) is 10.4. The SMILES string of the molecule is C=C/C1=N\C(=C)OCCCC2CN(c3nc(-n4ccc(OCCC5(C(F)(F)F)CC5)n4)ccc3C(=O)NS1)C(C)(C)C2.CC. The molecule has 1 aliphatic carbocycles. The minimum Gasteiger partial charge on any atom is -0.478 e. The Balaban J connectivity index is 0.00000216. The van der Waals surface area contributed by atoms with Crippen molar-refractivity contribution in [2.75, 3.05) is 24.7 Å². The number of aromatic nitrogens is 3. The Bertz CT molecular complexity index is 1390. The molecule has 3 aliphatic rings. The van der Waals surface area contributed by atoms with Crippen LogP contribution < -0.4 is 14.4 Å². The third kappa shape index (κ3) is 7.59. The Morgan fingerprint density at radius 3 is 2.68 bits per heavy atom. The third-order valence-electron chi connectivity index (χ3n) is 8.09. The van der Waals surface area contributed by atoms with Crippen LogP contribution in [0.1, 0.15) is 76.6 Å². The van der Waals surface area contributed by atoms with Gasteiger partial charge in [-0.2, -0.15) is 13.2 Å². The summed E-state index contributed by atoms with van der Waals surface area (Å²) in [5.74, 6) is 1.45. The van der Waals surface area contributed by atoms with Crippen LogP contribution in [0.3, 0.4) is 0 Å². The van der Waals surface area contributed by atoms with E-state index in [9.17, 15) is 18.0 Å². The zero-order chi connectivity index (χ0) is 32.1. The smallest absolute Gasteiger partial charge is 0.394 e. The van der Waals surface area contributed by atoms with Gasteiger partial charge in [-0.3, -0.25) is 9.52 Å². The Morgan fingerprint density at radius 1 is 1.25 bits per heavy atom. The van der Waals surface area contributed by atoms with Gasteiger partial charge in [0.15, 0.2) is 5.82 Å². The van der Waals surface area contributed by atoms with Gasteiger partial charge in [0, 0.05) is 36.3 Å². The second kappa shape index (κ2) is 13.7. The van der Waals surface area contributed by atoms with E-state index in [-0.39, 0.29) is 49.1 Å². The largest absolute Gasteiger partial charge is 0.478 e. The van der Waals surface area contributed by atoms with E-state index in [0.717, 1.165) is 31.2 Å². The number of fused-ring (bicyclic) bond motifs is 4. The molecule has 2 aliphatic heterocycles. The number of hydrogen-bond donors (Lipinski definition) is 1. The normalized spacial score (nSPS) is 22.5. The molecule has 5 rings (SSSR count). The van der Waals surface area contributed by atoms with Crippen molar-refractivity contribution in [3.05, 3.63) is 55.1 Å². The molecule has 0 spiro atoms. The molecule has 1 saturated carbocycles. The van der Waals surface area contributed by atoms with Crippen molar-refractivity contribution in [1.29, 1.82) is 0 Å². The van der Waals surface area contributed by atoms with Crippen LogP contribution in [0.5, 0.6) is 5.88 Å². The molecule has 44 heavy (non-hydrogen) atoms. The molecule has 2 fully saturated rings. The fraction of sp³-hybridized carbons (Fsp3) is 0.548. The van der Waals surface area contributed by atoms with Crippen LogP contribution in [-0.4, -0.2) is 57.2 Å². The Morgan fingerprint density at radius 2 is 2.00 bits per heavy atom. The summed E-state index contributed by atoms with van der Waals surface area (Å²) < 4.78 is 55.3. The van der Waals surface area contributed by atoms with E-state index in [1.165, 1.54) is 10.8 Å². The number of amides is 1. The molecule has 2 aromatic rings. The summed E-state index contributed by atoms with van der Waals surface area (Å²) in [6, 6.07) is 4.97. The van der Waals surface area contributed by atoms with E-state index in [0.29, 0.717) is 41.3 Å². The molecular weight excluding hydrogens is 593 g/mol. The number of rotatable bonds is 6. The van der Waals surface area contributed by atoms with Gasteiger partial charge in [0.05, 0.1) is 24.2 Å². The molecule has 0 aromatic carbocycles. The molecule has 1 atom stereocenters. The van der Waals surface area contributed by atoms with Crippen LogP contribution in [0.4, 0.5) is 19.0 Å². The summed E-state index contributed by atoms with van der Waals surface area (Å²) in [4.78, 5) is 24.8. The van der Waals surface area contributed by atoms with Crippen LogP contribution in [0.2, 0.25) is 0 Å². The second-order valence-electron chi connectivity index (χ2n) is 11.6. The third-order valence-corrected chi connectivity index (χ3v) is 8.84. The van der Waals surface area contributed by atoms with Gasteiger partial charge in [0.25, 0.3) is 5.91 Å². The predicted octanol–water partition coefficient (Wildman–Crippen LogP) is 7.25. The lowest BCUT2D eigenvalue weighted by Gasteiger charge is -2.34. The maximum atomic E-state index is 13.4. The van der Waals surface area contributed by atoms with Crippen molar-refractivity contribution in [2.45, 2.75) is 77.9 Å². The van der Waals surface area contributed by atoms with Crippen LogP contribution in [0.25, 0.3) is 5.82 Å². The van der Waals surface area contributed by atoms with E-state index in [1.54, 1.807) is 24.4 Å². The maximum Gasteiger partial charge on any atom is 0.394 e. The summed E-state index contributed by atoms with van der Waals surface area (Å²) in [5, 5.41) is 4.82. The molecule has 13 heteroatoms. The fourth-order valence-corrected chi connectivity index (χ4v) is 6.11. The van der Waals surface area contributed by atoms with Gasteiger partial charge >= 0.3 is 6.18 Å². The number of carbonyl (C=O) groups is 1. The lowest BCUT2D eigenvalue weighted by Crippen LogP contribution is -2.40. The number of halogens is 3. The van der Waals surface area contributed by atoms with E-state index in [1.807, 2.05) is 13.8 Å². The first-order valence-corrected chi connectivity index (χ1v) is 15.8. The highest BCUT2D eigenvalue weighted by Crippen LogP contribution is 2.59. The van der Waals surface area contributed by atoms with E-state index >= 15 is 0 Å². The number of pyridine rings is 1. The van der Waals surface area contributed by atoms with Crippen molar-refractivity contribution < 1.29 is 27.4 Å². The number of aliphatic imine (C=N–C) groups is 1. The van der Waals surface area contributed by atoms with E-state index in [4.69, 9.17) is 14.5 Å². The average molecular weight is 635 g/mol. The number of nitrogens with one attached hydrogen (secondary N) is 1. The zero-order valence-electron chi connectivity index (χ0n) is 25.7. The van der Waals surface area contributed by atoms with Crippen molar-refractivity contribution in [2.24, 2.45) is 16.3 Å². The van der Waals surface area contributed by atoms with Crippen LogP contribution in [-0.2, 0) is 4.74 Å². The van der Waals surface area contributed by atoms with Gasteiger partial charge in [0.1, 0.15) is 10.9 Å². The molecule has 1 unspecified atom stereocenters. The molecule has 1 N–H and O–H groups in total. The number of ether oxygens (including phenoxy) is 2. The molecule has 240 valence electrons. The quantitative estimate of drug-likeness (QED) is 0.335. The van der Waals surface area contributed by atoms with Gasteiger partial charge in [-0.25, -0.2) is 14.7 Å². The highest BCUT2D eigenvalue weighted by Gasteiger charge is 2.62. The number of hydrogen-bond acceptors (Lipinski definition) is 8. The lowest BCUT2D eigenvalue weighted by molar-refractivity contribution is -0.190. The predicted molar refractivity (Wildman–Crippen MR) is 167 cm³/mol. The first-order valence-electron chi connectivity index (χ1n) is 15.0. The molecule has 2 bridgehead atoms. The number of alkyl halides is 3. The van der Waals surface area contributed by atoms with Crippen molar-refractivity contribution >= 4 is 28.7 Å². The first-order chi connectivity index (χ1) is 20.9. The van der Waals surface area contributed by atoms with Gasteiger partial charge < -0.3 is 14.4 Å². The zero-order valence-corrected chi connectivity index (χ0v) is 26.6. The monoisotopic (exact) mass is 634 g/mol. The maximum absolute atomic E-state index is 13.4. The van der Waals surface area contributed by atoms with Gasteiger partial charge in [-0.05, 0) is 83.1 Å². The molecule has 2 aromatic heterocycles. The first kappa shape index (κ1) is 33.4.